The lowest BCUT2D eigenvalue weighted by Gasteiger charge is -2.21. The first kappa shape index (κ1) is 16.7. The summed E-state index contributed by atoms with van der Waals surface area (Å²) in [6, 6.07) is -0.635. The highest BCUT2D eigenvalue weighted by molar-refractivity contribution is 7.88. The molecular formula is C14H26N2O4S. The SMILES string of the molecule is CO[C@H]1C[C@H](C(=O)NC[C@H]2CC[C@H](C)C2)N(S(C)(=O)=O)C1. The van der Waals surface area contributed by atoms with Crippen LogP contribution in [0.2, 0.25) is 0 Å². The molecule has 1 saturated heterocycles. The Kier molecular flexibility index (Phi) is 5.27. The molecule has 0 aromatic carbocycles. The number of carbonyl (C=O) groups excluding carboxylic acids is 1. The maximum absolute atomic E-state index is 12.3. The standard InChI is InChI=1S/C14H26N2O4S/c1-10-4-5-11(6-10)8-15-14(17)13-7-12(20-2)9-16(13)21(3,18)19/h10-13H,4-9H2,1-3H3,(H,15,17)/t10-,11-,12-,13+/m0/s1. The largest absolute Gasteiger partial charge is 0.380 e. The van der Waals surface area contributed by atoms with Crippen LogP contribution in [0.25, 0.3) is 0 Å². The number of amides is 1. The number of sulfonamides is 1. The molecule has 4 atom stereocenters. The predicted molar refractivity (Wildman–Crippen MR) is 80.3 cm³/mol. The van der Waals surface area contributed by atoms with Crippen molar-refractivity contribution < 1.29 is 17.9 Å². The number of carbonyl (C=O) groups is 1. The second kappa shape index (κ2) is 6.62. The minimum Gasteiger partial charge on any atom is -0.380 e. The summed E-state index contributed by atoms with van der Waals surface area (Å²) in [5, 5.41) is 2.93. The molecule has 1 aliphatic heterocycles. The summed E-state index contributed by atoms with van der Waals surface area (Å²) < 4.78 is 30.1. The Balaban J connectivity index is 1.93. The summed E-state index contributed by atoms with van der Waals surface area (Å²) in [4.78, 5) is 12.3. The molecule has 1 amide bonds. The number of nitrogens with zero attached hydrogens (tertiary/aromatic N) is 1. The van der Waals surface area contributed by atoms with Crippen LogP contribution in [0, 0.1) is 11.8 Å². The Labute approximate surface area is 127 Å². The zero-order valence-electron chi connectivity index (χ0n) is 13.0. The molecule has 0 aromatic rings. The predicted octanol–water partition coefficient (Wildman–Crippen LogP) is 0.588. The fraction of sp³-hybridized carbons (Fsp3) is 0.929. The molecule has 7 heteroatoms. The normalized spacial score (nSPS) is 34.2. The quantitative estimate of drug-likeness (QED) is 0.805. The topological polar surface area (TPSA) is 75.7 Å². The molecule has 0 aromatic heterocycles. The Morgan fingerprint density at radius 2 is 2.05 bits per heavy atom. The van der Waals surface area contributed by atoms with Crippen molar-refractivity contribution in [3.8, 4) is 0 Å². The zero-order chi connectivity index (χ0) is 15.6. The van der Waals surface area contributed by atoms with Gasteiger partial charge in [-0.05, 0) is 24.7 Å². The second-order valence-corrected chi connectivity index (χ2v) is 8.41. The van der Waals surface area contributed by atoms with Gasteiger partial charge < -0.3 is 10.1 Å². The first-order valence-electron chi connectivity index (χ1n) is 7.58. The van der Waals surface area contributed by atoms with Crippen molar-refractivity contribution in [3.05, 3.63) is 0 Å². The average molecular weight is 318 g/mol. The third-order valence-corrected chi connectivity index (χ3v) is 5.90. The van der Waals surface area contributed by atoms with Gasteiger partial charge >= 0.3 is 0 Å². The third-order valence-electron chi connectivity index (χ3n) is 4.65. The van der Waals surface area contributed by atoms with Crippen LogP contribution >= 0.6 is 0 Å². The summed E-state index contributed by atoms with van der Waals surface area (Å²) in [5.74, 6) is 1.05. The molecule has 122 valence electrons. The molecule has 1 aliphatic carbocycles. The Bertz CT molecular complexity index is 479. The van der Waals surface area contributed by atoms with Gasteiger partial charge in [0.25, 0.3) is 0 Å². The fourth-order valence-electron chi connectivity index (χ4n) is 3.42. The van der Waals surface area contributed by atoms with E-state index in [-0.39, 0.29) is 18.6 Å². The molecule has 0 unspecified atom stereocenters. The van der Waals surface area contributed by atoms with Gasteiger partial charge in [0.2, 0.25) is 15.9 Å². The van der Waals surface area contributed by atoms with E-state index in [9.17, 15) is 13.2 Å². The van der Waals surface area contributed by atoms with Crippen molar-refractivity contribution in [2.45, 2.75) is 44.8 Å². The highest BCUT2D eigenvalue weighted by atomic mass is 32.2. The van der Waals surface area contributed by atoms with Crippen molar-refractivity contribution in [2.24, 2.45) is 11.8 Å². The van der Waals surface area contributed by atoms with Gasteiger partial charge in [0.05, 0.1) is 12.4 Å². The summed E-state index contributed by atoms with van der Waals surface area (Å²) in [7, 11) is -1.85. The number of methoxy groups -OCH3 is 1. The molecule has 2 aliphatic rings. The lowest BCUT2D eigenvalue weighted by Crippen LogP contribution is -2.46. The van der Waals surface area contributed by atoms with Crippen molar-refractivity contribution in [1.82, 2.24) is 9.62 Å². The van der Waals surface area contributed by atoms with E-state index >= 15 is 0 Å². The lowest BCUT2D eigenvalue weighted by molar-refractivity contribution is -0.124. The maximum atomic E-state index is 12.3. The highest BCUT2D eigenvalue weighted by Crippen LogP contribution is 2.30. The van der Waals surface area contributed by atoms with Crippen LogP contribution in [0.15, 0.2) is 0 Å². The highest BCUT2D eigenvalue weighted by Gasteiger charge is 2.41. The van der Waals surface area contributed by atoms with Crippen LogP contribution in [0.4, 0.5) is 0 Å². The van der Waals surface area contributed by atoms with Crippen LogP contribution in [0.3, 0.4) is 0 Å². The number of hydrogen-bond acceptors (Lipinski definition) is 4. The molecule has 1 saturated carbocycles. The first-order valence-corrected chi connectivity index (χ1v) is 9.43. The molecular weight excluding hydrogens is 292 g/mol. The third kappa shape index (κ3) is 4.17. The number of hydrogen-bond donors (Lipinski definition) is 1. The lowest BCUT2D eigenvalue weighted by atomic mass is 10.1. The summed E-state index contributed by atoms with van der Waals surface area (Å²) >= 11 is 0. The van der Waals surface area contributed by atoms with E-state index < -0.39 is 16.1 Å². The van der Waals surface area contributed by atoms with Crippen LogP contribution in [-0.4, -0.2) is 57.2 Å². The smallest absolute Gasteiger partial charge is 0.238 e. The minimum absolute atomic E-state index is 0.195. The Morgan fingerprint density at radius 1 is 1.33 bits per heavy atom. The van der Waals surface area contributed by atoms with E-state index in [1.807, 2.05) is 0 Å². The molecule has 0 radical (unpaired) electrons. The van der Waals surface area contributed by atoms with Gasteiger partial charge in [-0.2, -0.15) is 4.31 Å². The van der Waals surface area contributed by atoms with Crippen molar-refractivity contribution in [3.63, 3.8) is 0 Å². The van der Waals surface area contributed by atoms with Gasteiger partial charge in [-0.1, -0.05) is 13.3 Å². The second-order valence-electron chi connectivity index (χ2n) is 6.47. The van der Waals surface area contributed by atoms with E-state index in [4.69, 9.17) is 4.74 Å². The van der Waals surface area contributed by atoms with Crippen molar-refractivity contribution >= 4 is 15.9 Å². The average Bonchev–Trinajstić information content (AvgIpc) is 3.01. The van der Waals surface area contributed by atoms with Gasteiger partial charge in [0.15, 0.2) is 0 Å². The van der Waals surface area contributed by atoms with E-state index in [2.05, 4.69) is 12.2 Å². The number of ether oxygens (including phenoxy) is 1. The van der Waals surface area contributed by atoms with E-state index in [1.54, 1.807) is 7.11 Å². The Hall–Kier alpha value is -0.660. The van der Waals surface area contributed by atoms with Crippen molar-refractivity contribution in [2.75, 3.05) is 26.5 Å². The molecule has 1 heterocycles. The van der Waals surface area contributed by atoms with Crippen molar-refractivity contribution in [1.29, 1.82) is 0 Å². The van der Waals surface area contributed by atoms with Crippen LogP contribution in [0.1, 0.15) is 32.6 Å². The molecule has 2 fully saturated rings. The molecule has 21 heavy (non-hydrogen) atoms. The maximum Gasteiger partial charge on any atom is 0.238 e. The molecule has 1 N–H and O–H groups in total. The molecule has 6 nitrogen and oxygen atoms in total. The molecule has 0 spiro atoms. The summed E-state index contributed by atoms with van der Waals surface area (Å²) in [6.45, 7) is 3.14. The van der Waals surface area contributed by atoms with Gasteiger partial charge in [-0.3, -0.25) is 4.79 Å². The van der Waals surface area contributed by atoms with E-state index in [0.29, 0.717) is 18.9 Å². The summed E-state index contributed by atoms with van der Waals surface area (Å²) in [5.41, 5.74) is 0. The van der Waals surface area contributed by atoms with Gasteiger partial charge in [0.1, 0.15) is 6.04 Å². The van der Waals surface area contributed by atoms with Crippen LogP contribution in [0.5, 0.6) is 0 Å². The minimum atomic E-state index is -3.39. The van der Waals surface area contributed by atoms with Crippen LogP contribution in [-0.2, 0) is 19.6 Å². The monoisotopic (exact) mass is 318 g/mol. The van der Waals surface area contributed by atoms with Gasteiger partial charge in [-0.25, -0.2) is 8.42 Å². The number of rotatable bonds is 5. The van der Waals surface area contributed by atoms with Gasteiger partial charge in [-0.15, -0.1) is 0 Å². The first-order chi connectivity index (χ1) is 9.81. The van der Waals surface area contributed by atoms with Crippen LogP contribution < -0.4 is 5.32 Å². The number of nitrogens with one attached hydrogen (secondary N) is 1. The fourth-order valence-corrected chi connectivity index (χ4v) is 4.50. The molecule has 0 bridgehead atoms. The Morgan fingerprint density at radius 3 is 2.57 bits per heavy atom. The molecule has 2 rings (SSSR count). The van der Waals surface area contributed by atoms with Gasteiger partial charge in [0, 0.05) is 26.6 Å². The van der Waals surface area contributed by atoms with E-state index in [1.165, 1.54) is 10.7 Å². The zero-order valence-corrected chi connectivity index (χ0v) is 13.9. The van der Waals surface area contributed by atoms with E-state index in [0.717, 1.165) is 25.0 Å². The summed E-state index contributed by atoms with van der Waals surface area (Å²) in [6.07, 6.45) is 4.86.